The van der Waals surface area contributed by atoms with Gasteiger partial charge in [0.2, 0.25) is 5.95 Å². The van der Waals surface area contributed by atoms with Crippen molar-refractivity contribution < 1.29 is 14.3 Å². The predicted molar refractivity (Wildman–Crippen MR) is 110 cm³/mol. The molecule has 3 fully saturated rings. The number of morpholine rings is 1. The van der Waals surface area contributed by atoms with E-state index in [1.165, 1.54) is 0 Å². The van der Waals surface area contributed by atoms with E-state index in [1.807, 2.05) is 6.92 Å². The zero-order chi connectivity index (χ0) is 20.1. The highest BCUT2D eigenvalue weighted by molar-refractivity contribution is 5.92. The summed E-state index contributed by atoms with van der Waals surface area (Å²) in [5.74, 6) is 0.575. The van der Waals surface area contributed by atoms with Gasteiger partial charge in [0.25, 0.3) is 5.91 Å². The highest BCUT2D eigenvalue weighted by Gasteiger charge is 2.35. The number of hydrogen-bond donors (Lipinski definition) is 1. The lowest BCUT2D eigenvalue weighted by atomic mass is 9.79. The lowest BCUT2D eigenvalue weighted by Gasteiger charge is -2.42. The van der Waals surface area contributed by atoms with Crippen molar-refractivity contribution in [3.8, 4) is 0 Å². The molecule has 4 rings (SSSR count). The van der Waals surface area contributed by atoms with Crippen molar-refractivity contribution in [3.63, 3.8) is 0 Å². The van der Waals surface area contributed by atoms with E-state index in [4.69, 9.17) is 9.47 Å². The number of ether oxygens (including phenoxy) is 2. The van der Waals surface area contributed by atoms with Crippen LogP contribution in [0.5, 0.6) is 0 Å². The second-order valence-electron chi connectivity index (χ2n) is 8.57. The summed E-state index contributed by atoms with van der Waals surface area (Å²) in [7, 11) is 0. The van der Waals surface area contributed by atoms with Crippen LogP contribution in [0.2, 0.25) is 0 Å². The number of carbonyl (C=O) groups excluding carboxylic acids is 1. The minimum Gasteiger partial charge on any atom is -0.381 e. The standard InChI is InChI=1S/C21H33N5O3/c1-17-14-18(24-20(23-17)26-6-2-3-7-26)19(27)22-15-21(4-10-28-11-5-21)16-25-8-12-29-13-9-25/h14H,2-13,15-16H2,1H3,(H,22,27). The molecule has 3 aliphatic heterocycles. The fraction of sp³-hybridized carbons (Fsp3) is 0.762. The van der Waals surface area contributed by atoms with E-state index in [2.05, 4.69) is 25.1 Å². The van der Waals surface area contributed by atoms with Crippen LogP contribution in [0, 0.1) is 12.3 Å². The second kappa shape index (κ2) is 9.36. The molecule has 0 unspecified atom stereocenters. The summed E-state index contributed by atoms with van der Waals surface area (Å²) in [6.45, 7) is 10.5. The van der Waals surface area contributed by atoms with E-state index >= 15 is 0 Å². The Morgan fingerprint density at radius 3 is 2.48 bits per heavy atom. The molecule has 8 heteroatoms. The number of carbonyl (C=O) groups is 1. The van der Waals surface area contributed by atoms with Crippen LogP contribution in [-0.2, 0) is 9.47 Å². The molecule has 1 aromatic heterocycles. The molecule has 0 radical (unpaired) electrons. The quantitative estimate of drug-likeness (QED) is 0.766. The number of anilines is 1. The molecule has 0 aromatic carbocycles. The topological polar surface area (TPSA) is 79.8 Å². The zero-order valence-electron chi connectivity index (χ0n) is 17.5. The van der Waals surface area contributed by atoms with Crippen molar-refractivity contribution in [3.05, 3.63) is 17.5 Å². The summed E-state index contributed by atoms with van der Waals surface area (Å²) < 4.78 is 11.1. The van der Waals surface area contributed by atoms with Crippen LogP contribution in [0.15, 0.2) is 6.07 Å². The number of aryl methyl sites for hydroxylation is 1. The van der Waals surface area contributed by atoms with E-state index in [-0.39, 0.29) is 11.3 Å². The fourth-order valence-electron chi connectivity index (χ4n) is 4.51. The molecule has 0 bridgehead atoms. The number of aromatic nitrogens is 2. The molecule has 1 aromatic rings. The molecule has 0 atom stereocenters. The molecule has 1 N–H and O–H groups in total. The Bertz CT molecular complexity index is 696. The van der Waals surface area contributed by atoms with Crippen LogP contribution in [0.1, 0.15) is 41.9 Å². The van der Waals surface area contributed by atoms with E-state index in [9.17, 15) is 4.79 Å². The molecule has 4 heterocycles. The van der Waals surface area contributed by atoms with Crippen molar-refractivity contribution in [2.24, 2.45) is 5.41 Å². The van der Waals surface area contributed by atoms with Crippen molar-refractivity contribution in [2.45, 2.75) is 32.6 Å². The number of nitrogens with one attached hydrogen (secondary N) is 1. The van der Waals surface area contributed by atoms with Crippen LogP contribution >= 0.6 is 0 Å². The first-order valence-electron chi connectivity index (χ1n) is 10.9. The van der Waals surface area contributed by atoms with Crippen molar-refractivity contribution in [1.29, 1.82) is 0 Å². The van der Waals surface area contributed by atoms with E-state index in [0.717, 1.165) is 90.5 Å². The molecule has 1 amide bonds. The number of hydrogen-bond acceptors (Lipinski definition) is 7. The highest BCUT2D eigenvalue weighted by Crippen LogP contribution is 2.31. The van der Waals surface area contributed by atoms with Crippen LogP contribution in [-0.4, -0.2) is 86.5 Å². The molecule has 8 nitrogen and oxygen atoms in total. The average Bonchev–Trinajstić information content (AvgIpc) is 3.28. The fourth-order valence-corrected chi connectivity index (χ4v) is 4.51. The van der Waals surface area contributed by atoms with Crippen molar-refractivity contribution >= 4 is 11.9 Å². The van der Waals surface area contributed by atoms with Gasteiger partial charge >= 0.3 is 0 Å². The first-order chi connectivity index (χ1) is 14.1. The van der Waals surface area contributed by atoms with E-state index in [0.29, 0.717) is 18.2 Å². The highest BCUT2D eigenvalue weighted by atomic mass is 16.5. The molecule has 0 saturated carbocycles. The van der Waals surface area contributed by atoms with E-state index < -0.39 is 0 Å². The molecule has 160 valence electrons. The van der Waals surface area contributed by atoms with Crippen LogP contribution < -0.4 is 10.2 Å². The van der Waals surface area contributed by atoms with Gasteiger partial charge in [0, 0.05) is 63.6 Å². The lowest BCUT2D eigenvalue weighted by molar-refractivity contribution is -0.0283. The molecule has 3 aliphatic rings. The minimum absolute atomic E-state index is 0.0467. The van der Waals surface area contributed by atoms with Crippen molar-refractivity contribution in [1.82, 2.24) is 20.2 Å². The smallest absolute Gasteiger partial charge is 0.270 e. The lowest BCUT2D eigenvalue weighted by Crippen LogP contribution is -2.50. The first-order valence-corrected chi connectivity index (χ1v) is 10.9. The Morgan fingerprint density at radius 2 is 1.76 bits per heavy atom. The van der Waals surface area contributed by atoms with Gasteiger partial charge in [-0.25, -0.2) is 9.97 Å². The van der Waals surface area contributed by atoms with Crippen molar-refractivity contribution in [2.75, 3.05) is 70.6 Å². The molecule has 0 spiro atoms. The monoisotopic (exact) mass is 403 g/mol. The Balaban J connectivity index is 1.42. The maximum absolute atomic E-state index is 13.0. The van der Waals surface area contributed by atoms with Gasteiger partial charge in [-0.15, -0.1) is 0 Å². The van der Waals surface area contributed by atoms with Gasteiger partial charge in [0.05, 0.1) is 13.2 Å². The van der Waals surface area contributed by atoms with Gasteiger partial charge in [-0.3, -0.25) is 9.69 Å². The van der Waals surface area contributed by atoms with Gasteiger partial charge in [-0.2, -0.15) is 0 Å². The molecule has 3 saturated heterocycles. The third kappa shape index (κ3) is 5.24. The van der Waals surface area contributed by atoms with Gasteiger partial charge in [0.15, 0.2) is 0 Å². The Morgan fingerprint density at radius 1 is 1.07 bits per heavy atom. The zero-order valence-corrected chi connectivity index (χ0v) is 17.5. The third-order valence-electron chi connectivity index (χ3n) is 6.30. The molecule has 0 aliphatic carbocycles. The third-order valence-corrected chi connectivity index (χ3v) is 6.30. The van der Waals surface area contributed by atoms with Gasteiger partial charge in [0.1, 0.15) is 5.69 Å². The second-order valence-corrected chi connectivity index (χ2v) is 8.57. The summed E-state index contributed by atoms with van der Waals surface area (Å²) in [6.07, 6.45) is 4.24. The van der Waals surface area contributed by atoms with Gasteiger partial charge in [-0.1, -0.05) is 0 Å². The summed E-state index contributed by atoms with van der Waals surface area (Å²) in [4.78, 5) is 26.7. The Labute approximate surface area is 173 Å². The maximum atomic E-state index is 13.0. The van der Waals surface area contributed by atoms with Gasteiger partial charge < -0.3 is 19.7 Å². The number of nitrogens with zero attached hydrogens (tertiary/aromatic N) is 4. The van der Waals surface area contributed by atoms with Crippen LogP contribution in [0.3, 0.4) is 0 Å². The SMILES string of the molecule is Cc1cc(C(=O)NCC2(CN3CCOCC3)CCOCC2)nc(N2CCCC2)n1. The van der Waals surface area contributed by atoms with Gasteiger partial charge in [-0.05, 0) is 38.7 Å². The number of rotatable bonds is 6. The maximum Gasteiger partial charge on any atom is 0.270 e. The summed E-state index contributed by atoms with van der Waals surface area (Å²) in [5.41, 5.74) is 1.35. The normalized spacial score (nSPS) is 22.6. The largest absolute Gasteiger partial charge is 0.381 e. The molecule has 29 heavy (non-hydrogen) atoms. The first kappa shape index (κ1) is 20.5. The Kier molecular flexibility index (Phi) is 6.62. The average molecular weight is 404 g/mol. The summed E-state index contributed by atoms with van der Waals surface area (Å²) in [6, 6.07) is 1.79. The van der Waals surface area contributed by atoms with Crippen LogP contribution in [0.25, 0.3) is 0 Å². The number of amides is 1. The minimum atomic E-state index is -0.108. The Hall–Kier alpha value is -1.77. The van der Waals surface area contributed by atoms with Crippen LogP contribution in [0.4, 0.5) is 5.95 Å². The summed E-state index contributed by atoms with van der Waals surface area (Å²) >= 11 is 0. The van der Waals surface area contributed by atoms with E-state index in [1.54, 1.807) is 6.07 Å². The summed E-state index contributed by atoms with van der Waals surface area (Å²) in [5, 5.41) is 3.18. The molecular formula is C21H33N5O3. The molecular weight excluding hydrogens is 370 g/mol. The predicted octanol–water partition coefficient (Wildman–Crippen LogP) is 1.24.